The number of nitrogens with zero attached hydrogens (tertiary/aromatic N) is 2. The van der Waals surface area contributed by atoms with Crippen molar-refractivity contribution in [1.29, 1.82) is 0 Å². The summed E-state index contributed by atoms with van der Waals surface area (Å²) in [6.07, 6.45) is 5.04. The van der Waals surface area contributed by atoms with Crippen LogP contribution in [0.3, 0.4) is 0 Å². The maximum Gasteiger partial charge on any atom is 0.252 e. The molecule has 2 aromatic rings. The molecule has 0 aliphatic rings. The average molecular weight is 541 g/mol. The minimum atomic E-state index is -0.140. The third-order valence-corrected chi connectivity index (χ3v) is 4.31. The zero-order chi connectivity index (χ0) is 21.6. The smallest absolute Gasteiger partial charge is 0.252 e. The van der Waals surface area contributed by atoms with Crippen LogP contribution in [-0.4, -0.2) is 57.2 Å². The molecule has 1 heterocycles. The monoisotopic (exact) mass is 541 g/mol. The van der Waals surface area contributed by atoms with Crippen LogP contribution in [0, 0.1) is 0 Å². The molecule has 0 radical (unpaired) electrons. The largest absolute Gasteiger partial charge is 0.493 e. The molecule has 2 rings (SSSR count). The van der Waals surface area contributed by atoms with Crippen LogP contribution in [0.5, 0.6) is 11.5 Å². The number of pyridine rings is 1. The Hall–Kier alpha value is -2.56. The molecule has 0 bridgehead atoms. The highest BCUT2D eigenvalue weighted by Crippen LogP contribution is 2.28. The summed E-state index contributed by atoms with van der Waals surface area (Å²) in [7, 11) is 3.37. The molecule has 0 atom stereocenters. The van der Waals surface area contributed by atoms with Gasteiger partial charge in [-0.05, 0) is 49.6 Å². The molecule has 0 saturated carbocycles. The predicted molar refractivity (Wildman–Crippen MR) is 134 cm³/mol. The number of amides is 1. The summed E-state index contributed by atoms with van der Waals surface area (Å²) in [5.74, 6) is 2.09. The molecule has 0 saturated heterocycles. The fourth-order valence-electron chi connectivity index (χ4n) is 2.82. The van der Waals surface area contributed by atoms with Gasteiger partial charge < -0.3 is 25.4 Å². The van der Waals surface area contributed by atoms with Gasteiger partial charge >= 0.3 is 0 Å². The highest BCUT2D eigenvalue weighted by Gasteiger charge is 2.06. The second-order valence-electron chi connectivity index (χ2n) is 6.45. The Bertz CT molecular complexity index is 818. The summed E-state index contributed by atoms with van der Waals surface area (Å²) < 4.78 is 10.9. The molecule has 170 valence electrons. The van der Waals surface area contributed by atoms with Gasteiger partial charge in [-0.1, -0.05) is 6.07 Å². The number of benzene rings is 1. The van der Waals surface area contributed by atoms with E-state index in [9.17, 15) is 4.79 Å². The van der Waals surface area contributed by atoms with Crippen LogP contribution in [0.25, 0.3) is 0 Å². The summed E-state index contributed by atoms with van der Waals surface area (Å²) in [6.45, 7) is 4.39. The topological polar surface area (TPSA) is 96.9 Å². The molecule has 1 aromatic carbocycles. The molecule has 0 fully saturated rings. The first kappa shape index (κ1) is 26.5. The van der Waals surface area contributed by atoms with Gasteiger partial charge in [0.25, 0.3) is 5.91 Å². The molecule has 1 aromatic heterocycles. The van der Waals surface area contributed by atoms with Gasteiger partial charge in [0, 0.05) is 39.1 Å². The molecule has 3 N–H and O–H groups in total. The lowest BCUT2D eigenvalue weighted by atomic mass is 10.1. The van der Waals surface area contributed by atoms with Crippen molar-refractivity contribution in [2.75, 3.05) is 40.4 Å². The van der Waals surface area contributed by atoms with Crippen LogP contribution in [0.15, 0.2) is 47.7 Å². The van der Waals surface area contributed by atoms with Crippen molar-refractivity contribution in [2.24, 2.45) is 4.99 Å². The maximum atomic E-state index is 12.0. The first-order valence-electron chi connectivity index (χ1n) is 10.1. The first-order valence-corrected chi connectivity index (χ1v) is 10.1. The van der Waals surface area contributed by atoms with Crippen LogP contribution < -0.4 is 25.4 Å². The average Bonchev–Trinajstić information content (AvgIpc) is 2.78. The number of carbonyl (C=O) groups is 1. The van der Waals surface area contributed by atoms with Crippen LogP contribution in [0.4, 0.5) is 0 Å². The van der Waals surface area contributed by atoms with Crippen molar-refractivity contribution >= 4 is 35.8 Å². The van der Waals surface area contributed by atoms with Gasteiger partial charge in [0.15, 0.2) is 17.5 Å². The fourth-order valence-corrected chi connectivity index (χ4v) is 2.82. The Kier molecular flexibility index (Phi) is 13.0. The van der Waals surface area contributed by atoms with Gasteiger partial charge in [0.1, 0.15) is 0 Å². The predicted octanol–water partition coefficient (Wildman–Crippen LogP) is 2.63. The van der Waals surface area contributed by atoms with Crippen LogP contribution >= 0.6 is 24.0 Å². The Morgan fingerprint density at radius 2 is 1.87 bits per heavy atom. The van der Waals surface area contributed by atoms with Gasteiger partial charge in [-0.25, -0.2) is 0 Å². The van der Waals surface area contributed by atoms with Crippen molar-refractivity contribution < 1.29 is 14.3 Å². The standard InChI is InChI=1S/C22H31N5O3.HI/c1-4-30-20-15-17(9-10-19(20)29-3)7-5-12-26-22(23-2)27-14-13-25-21(28)18-8-6-11-24-16-18;/h6,8-11,15-16H,4-5,7,12-14H2,1-3H3,(H,25,28)(H2,23,26,27);1H. The number of hydrogen-bond donors (Lipinski definition) is 3. The van der Waals surface area contributed by atoms with Crippen LogP contribution in [0.1, 0.15) is 29.3 Å². The molecular formula is C22H32IN5O3. The van der Waals surface area contributed by atoms with Gasteiger partial charge in [0.05, 0.1) is 19.3 Å². The molecular weight excluding hydrogens is 509 g/mol. The molecule has 1 amide bonds. The van der Waals surface area contributed by atoms with Gasteiger partial charge in [-0.15, -0.1) is 24.0 Å². The van der Waals surface area contributed by atoms with E-state index in [1.807, 2.05) is 19.1 Å². The van der Waals surface area contributed by atoms with E-state index in [2.05, 4.69) is 32.0 Å². The Labute approximate surface area is 201 Å². The number of ether oxygens (including phenoxy) is 2. The van der Waals surface area contributed by atoms with E-state index in [1.165, 1.54) is 5.56 Å². The second-order valence-corrected chi connectivity index (χ2v) is 6.45. The Morgan fingerprint density at radius 1 is 1.10 bits per heavy atom. The minimum Gasteiger partial charge on any atom is -0.493 e. The molecule has 0 spiro atoms. The van der Waals surface area contributed by atoms with Gasteiger partial charge in [-0.2, -0.15) is 0 Å². The highest BCUT2D eigenvalue weighted by molar-refractivity contribution is 14.0. The van der Waals surface area contributed by atoms with E-state index in [4.69, 9.17) is 9.47 Å². The lowest BCUT2D eigenvalue weighted by molar-refractivity contribution is 0.0954. The summed E-state index contributed by atoms with van der Waals surface area (Å²) in [5.41, 5.74) is 1.74. The fraction of sp³-hybridized carbons (Fsp3) is 0.409. The normalized spacial score (nSPS) is 10.6. The van der Waals surface area contributed by atoms with E-state index in [1.54, 1.807) is 38.7 Å². The van der Waals surface area contributed by atoms with Gasteiger partial charge in [0.2, 0.25) is 0 Å². The molecule has 31 heavy (non-hydrogen) atoms. The number of aliphatic imine (C=N–C) groups is 1. The summed E-state index contributed by atoms with van der Waals surface area (Å²) >= 11 is 0. The van der Waals surface area contributed by atoms with Crippen molar-refractivity contribution in [2.45, 2.75) is 19.8 Å². The minimum absolute atomic E-state index is 0. The third kappa shape index (κ3) is 9.41. The van der Waals surface area contributed by atoms with Crippen molar-refractivity contribution in [3.05, 3.63) is 53.9 Å². The highest BCUT2D eigenvalue weighted by atomic mass is 127. The number of carbonyl (C=O) groups excluding carboxylic acids is 1. The molecule has 9 heteroatoms. The lowest BCUT2D eigenvalue weighted by Gasteiger charge is -2.13. The summed E-state index contributed by atoms with van der Waals surface area (Å²) in [6, 6.07) is 9.49. The van der Waals surface area contributed by atoms with Gasteiger partial charge in [-0.3, -0.25) is 14.8 Å². The summed E-state index contributed by atoms with van der Waals surface area (Å²) in [4.78, 5) is 20.1. The van der Waals surface area contributed by atoms with E-state index in [0.717, 1.165) is 30.9 Å². The van der Waals surface area contributed by atoms with Crippen molar-refractivity contribution in [3.63, 3.8) is 0 Å². The zero-order valence-electron chi connectivity index (χ0n) is 18.3. The zero-order valence-corrected chi connectivity index (χ0v) is 20.6. The number of hydrogen-bond acceptors (Lipinski definition) is 5. The van der Waals surface area contributed by atoms with E-state index >= 15 is 0 Å². The number of rotatable bonds is 11. The molecule has 0 unspecified atom stereocenters. The molecule has 8 nitrogen and oxygen atoms in total. The first-order chi connectivity index (χ1) is 14.7. The van der Waals surface area contributed by atoms with E-state index < -0.39 is 0 Å². The Balaban J connectivity index is 0.00000480. The Morgan fingerprint density at radius 3 is 2.55 bits per heavy atom. The molecule has 0 aliphatic carbocycles. The van der Waals surface area contributed by atoms with Crippen molar-refractivity contribution in [3.8, 4) is 11.5 Å². The quantitative estimate of drug-likeness (QED) is 0.175. The number of aryl methyl sites for hydroxylation is 1. The number of methoxy groups -OCH3 is 1. The van der Waals surface area contributed by atoms with E-state index in [0.29, 0.717) is 31.2 Å². The van der Waals surface area contributed by atoms with E-state index in [-0.39, 0.29) is 29.9 Å². The van der Waals surface area contributed by atoms with Crippen LogP contribution in [-0.2, 0) is 6.42 Å². The summed E-state index contributed by atoms with van der Waals surface area (Å²) in [5, 5.41) is 9.32. The number of aromatic nitrogens is 1. The maximum absolute atomic E-state index is 12.0. The van der Waals surface area contributed by atoms with Crippen molar-refractivity contribution in [1.82, 2.24) is 20.9 Å². The SMILES string of the molecule is CCOc1cc(CCCNC(=NC)NCCNC(=O)c2cccnc2)ccc1OC.I. The lowest BCUT2D eigenvalue weighted by Crippen LogP contribution is -2.41. The number of halogens is 1. The third-order valence-electron chi connectivity index (χ3n) is 4.31. The van der Waals surface area contributed by atoms with Crippen LogP contribution in [0.2, 0.25) is 0 Å². The second kappa shape index (κ2) is 15.3. The molecule has 0 aliphatic heterocycles. The number of guanidine groups is 1. The number of nitrogens with one attached hydrogen (secondary N) is 3.